The molecule has 0 bridgehead atoms. The highest BCUT2D eigenvalue weighted by molar-refractivity contribution is 9.10. The maximum atomic E-state index is 12.7. The van der Waals surface area contributed by atoms with E-state index < -0.39 is 0 Å². The number of nitrogens with one attached hydrogen (secondary N) is 1. The van der Waals surface area contributed by atoms with E-state index in [4.69, 9.17) is 16.6 Å². The van der Waals surface area contributed by atoms with Crippen LogP contribution in [0.4, 0.5) is 0 Å². The molecule has 7 heteroatoms. The highest BCUT2D eigenvalue weighted by Crippen LogP contribution is 2.37. The highest BCUT2D eigenvalue weighted by Gasteiger charge is 2.30. The molecule has 0 saturated carbocycles. The average Bonchev–Trinajstić information content (AvgIpc) is 3.00. The number of halogens is 2. The molecule has 2 aromatic heterocycles. The molecule has 178 valence electrons. The van der Waals surface area contributed by atoms with Crippen LogP contribution in [0, 0.1) is 0 Å². The summed E-state index contributed by atoms with van der Waals surface area (Å²) in [4.78, 5) is 24.2. The van der Waals surface area contributed by atoms with Crippen LogP contribution in [-0.4, -0.2) is 33.9 Å². The monoisotopic (exact) mass is 540 g/mol. The van der Waals surface area contributed by atoms with E-state index in [-0.39, 0.29) is 11.9 Å². The normalized spacial score (nSPS) is 14.9. The molecule has 0 spiro atoms. The summed E-state index contributed by atoms with van der Waals surface area (Å²) in [5.41, 5.74) is 5.82. The smallest absolute Gasteiger partial charge is 0.221 e. The van der Waals surface area contributed by atoms with Crippen LogP contribution in [0.5, 0.6) is 0 Å². The maximum Gasteiger partial charge on any atom is 0.221 e. The summed E-state index contributed by atoms with van der Waals surface area (Å²) in [6.07, 6.45) is 9.80. The Kier molecular flexibility index (Phi) is 8.70. The Bertz CT molecular complexity index is 1070. The minimum absolute atomic E-state index is 0.00413. The van der Waals surface area contributed by atoms with Crippen molar-refractivity contribution >= 4 is 33.4 Å². The number of carbonyl (C=O) groups excluding carboxylic acids is 1. The minimum atomic E-state index is -0.00413. The van der Waals surface area contributed by atoms with Gasteiger partial charge in [0.15, 0.2) is 0 Å². The van der Waals surface area contributed by atoms with Crippen LogP contribution in [0.1, 0.15) is 60.2 Å². The third-order valence-corrected chi connectivity index (χ3v) is 6.96. The molecule has 0 aliphatic heterocycles. The molecular formula is C27H30BrClN4O. The molecule has 5 nitrogen and oxygen atoms in total. The lowest BCUT2D eigenvalue weighted by Crippen LogP contribution is -2.35. The first-order valence-corrected chi connectivity index (χ1v) is 13.0. The number of rotatable bonds is 9. The number of carbonyl (C=O) groups is 1. The first kappa shape index (κ1) is 24.8. The number of hydrogen-bond acceptors (Lipinski definition) is 4. The second kappa shape index (κ2) is 11.9. The Labute approximate surface area is 215 Å². The van der Waals surface area contributed by atoms with Gasteiger partial charge in [0.05, 0.1) is 11.7 Å². The van der Waals surface area contributed by atoms with Crippen LogP contribution in [0.3, 0.4) is 0 Å². The van der Waals surface area contributed by atoms with E-state index in [2.05, 4.69) is 56.3 Å². The molecule has 1 amide bonds. The number of unbranched alkanes of at least 4 members (excludes halogenated alkanes) is 1. The summed E-state index contributed by atoms with van der Waals surface area (Å²) >= 11 is 9.96. The molecule has 0 fully saturated rings. The van der Waals surface area contributed by atoms with Gasteiger partial charge >= 0.3 is 0 Å². The van der Waals surface area contributed by atoms with Gasteiger partial charge in [0.2, 0.25) is 5.91 Å². The number of aromatic nitrogens is 2. The van der Waals surface area contributed by atoms with Crippen molar-refractivity contribution in [3.05, 3.63) is 92.4 Å². The summed E-state index contributed by atoms with van der Waals surface area (Å²) in [5.74, 6) is 0.0410. The zero-order chi connectivity index (χ0) is 23.9. The Morgan fingerprint density at radius 2 is 2.03 bits per heavy atom. The fraction of sp³-hybridized carbons (Fsp3) is 0.370. The molecule has 1 N–H and O–H groups in total. The van der Waals surface area contributed by atoms with Gasteiger partial charge in [0, 0.05) is 47.6 Å². The maximum absolute atomic E-state index is 12.7. The summed E-state index contributed by atoms with van der Waals surface area (Å²) in [5, 5.41) is 3.79. The molecule has 1 aromatic carbocycles. The quantitative estimate of drug-likeness (QED) is 0.367. The molecule has 1 aliphatic carbocycles. The van der Waals surface area contributed by atoms with E-state index in [0.717, 1.165) is 53.0 Å². The zero-order valence-corrected chi connectivity index (χ0v) is 21.8. The van der Waals surface area contributed by atoms with Gasteiger partial charge in [0.1, 0.15) is 0 Å². The number of aryl methyl sites for hydroxylation is 2. The van der Waals surface area contributed by atoms with Gasteiger partial charge in [-0.25, -0.2) is 0 Å². The second-order valence-corrected chi connectivity index (χ2v) is 10.1. The molecule has 0 saturated heterocycles. The molecule has 0 radical (unpaired) electrons. The van der Waals surface area contributed by atoms with Crippen molar-refractivity contribution in [3.63, 3.8) is 0 Å². The van der Waals surface area contributed by atoms with Crippen LogP contribution in [0.15, 0.2) is 59.5 Å². The molecule has 1 aliphatic rings. The van der Waals surface area contributed by atoms with Crippen LogP contribution in [0.25, 0.3) is 0 Å². The first-order chi connectivity index (χ1) is 16.5. The van der Waals surface area contributed by atoms with Gasteiger partial charge in [-0.3, -0.25) is 19.7 Å². The van der Waals surface area contributed by atoms with Gasteiger partial charge in [-0.05, 0) is 88.3 Å². The largest absolute Gasteiger partial charge is 0.352 e. The van der Waals surface area contributed by atoms with E-state index in [1.165, 1.54) is 16.7 Å². The lowest BCUT2D eigenvalue weighted by molar-refractivity contribution is -0.121. The van der Waals surface area contributed by atoms with Crippen LogP contribution < -0.4 is 5.32 Å². The number of nitrogens with zero attached hydrogens (tertiary/aromatic N) is 3. The average molecular weight is 542 g/mol. The van der Waals surface area contributed by atoms with Crippen molar-refractivity contribution in [1.82, 2.24) is 20.2 Å². The van der Waals surface area contributed by atoms with Gasteiger partial charge in [-0.15, -0.1) is 0 Å². The number of pyridine rings is 2. The number of benzene rings is 1. The Morgan fingerprint density at radius 3 is 2.82 bits per heavy atom. The van der Waals surface area contributed by atoms with Crippen LogP contribution >= 0.6 is 27.5 Å². The van der Waals surface area contributed by atoms with E-state index >= 15 is 0 Å². The minimum Gasteiger partial charge on any atom is -0.352 e. The van der Waals surface area contributed by atoms with Gasteiger partial charge in [-0.1, -0.05) is 37.1 Å². The van der Waals surface area contributed by atoms with Gasteiger partial charge in [0.25, 0.3) is 0 Å². The predicted octanol–water partition coefficient (Wildman–Crippen LogP) is 5.89. The lowest BCUT2D eigenvalue weighted by atomic mass is 9.96. The summed E-state index contributed by atoms with van der Waals surface area (Å²) in [6, 6.07) is 12.2. The molecular weight excluding hydrogens is 512 g/mol. The van der Waals surface area contributed by atoms with Crippen LogP contribution in [0.2, 0.25) is 5.02 Å². The Hall–Kier alpha value is -2.28. The topological polar surface area (TPSA) is 58.1 Å². The third-order valence-electron chi connectivity index (χ3n) is 6.29. The second-order valence-electron chi connectivity index (χ2n) is 8.72. The number of amides is 1. The first-order valence-electron chi connectivity index (χ1n) is 11.9. The van der Waals surface area contributed by atoms with Crippen LogP contribution in [-0.2, 0) is 24.2 Å². The van der Waals surface area contributed by atoms with E-state index in [9.17, 15) is 4.79 Å². The van der Waals surface area contributed by atoms with Crippen molar-refractivity contribution < 1.29 is 4.79 Å². The number of hydrogen-bond donors (Lipinski definition) is 1. The van der Waals surface area contributed by atoms with E-state index in [0.29, 0.717) is 19.5 Å². The van der Waals surface area contributed by atoms with Gasteiger partial charge < -0.3 is 5.32 Å². The van der Waals surface area contributed by atoms with Crippen molar-refractivity contribution in [2.75, 3.05) is 13.1 Å². The highest BCUT2D eigenvalue weighted by atomic mass is 79.9. The lowest BCUT2D eigenvalue weighted by Gasteiger charge is -2.33. The van der Waals surface area contributed by atoms with E-state index in [1.807, 2.05) is 24.4 Å². The molecule has 4 rings (SSSR count). The summed E-state index contributed by atoms with van der Waals surface area (Å²) in [7, 11) is 0. The zero-order valence-electron chi connectivity index (χ0n) is 19.4. The SMILES string of the molecule is CCCCN(CCC(=O)NCc1cccnc1)C1c2ccc(Cl)cc2CCc2cc(Br)cnc21. The standard InChI is InChI=1S/C27H30BrClN4O/c1-2-3-12-33(13-10-25(34)31-17-19-5-4-11-30-16-19)27-24-9-8-23(29)15-20(24)6-7-21-14-22(28)18-32-26(21)27/h4-5,8-9,11,14-16,18,27H,2-3,6-7,10,12-13,17H2,1H3,(H,31,34). The molecule has 3 aromatic rings. The van der Waals surface area contributed by atoms with Crippen molar-refractivity contribution in [1.29, 1.82) is 0 Å². The third kappa shape index (κ3) is 6.23. The number of fused-ring (bicyclic) bond motifs is 2. The fourth-order valence-electron chi connectivity index (χ4n) is 4.55. The van der Waals surface area contributed by atoms with Gasteiger partial charge in [-0.2, -0.15) is 0 Å². The summed E-state index contributed by atoms with van der Waals surface area (Å²) < 4.78 is 0.990. The molecule has 2 heterocycles. The fourth-order valence-corrected chi connectivity index (χ4v) is 5.12. The summed E-state index contributed by atoms with van der Waals surface area (Å²) in [6.45, 7) is 4.24. The van der Waals surface area contributed by atoms with Crippen molar-refractivity contribution in [2.45, 2.75) is 51.6 Å². The predicted molar refractivity (Wildman–Crippen MR) is 140 cm³/mol. The van der Waals surface area contributed by atoms with E-state index in [1.54, 1.807) is 12.4 Å². The van der Waals surface area contributed by atoms with Crippen molar-refractivity contribution in [3.8, 4) is 0 Å². The Morgan fingerprint density at radius 1 is 1.18 bits per heavy atom. The molecule has 1 atom stereocenters. The Balaban J connectivity index is 1.58. The molecule has 34 heavy (non-hydrogen) atoms. The van der Waals surface area contributed by atoms with Crippen molar-refractivity contribution in [2.24, 2.45) is 0 Å². The molecule has 1 unspecified atom stereocenters.